The number of aromatic nitrogens is 2. The van der Waals surface area contributed by atoms with Gasteiger partial charge < -0.3 is 10.5 Å². The topological polar surface area (TPSA) is 70.1 Å². The zero-order valence-corrected chi connectivity index (χ0v) is 10.4. The van der Waals surface area contributed by atoms with Crippen molar-refractivity contribution in [1.29, 1.82) is 0 Å². The molecule has 0 saturated heterocycles. The highest BCUT2D eigenvalue weighted by Gasteiger charge is 2.06. The minimum atomic E-state index is -0.363. The zero-order valence-electron chi connectivity index (χ0n) is 8.80. The predicted octanol–water partition coefficient (Wildman–Crippen LogP) is 1.92. The Labute approximate surface area is 107 Å². The summed E-state index contributed by atoms with van der Waals surface area (Å²) in [6.07, 6.45) is 1.62. The number of carbonyl (C=O) groups excluding carboxylic acids is 1. The van der Waals surface area contributed by atoms with Crippen LogP contribution in [-0.4, -0.2) is 15.7 Å². The lowest BCUT2D eigenvalue weighted by molar-refractivity contribution is -0.145. The van der Waals surface area contributed by atoms with Crippen LogP contribution in [-0.2, 0) is 22.7 Å². The van der Waals surface area contributed by atoms with Gasteiger partial charge in [0.15, 0.2) is 0 Å². The third-order valence-electron chi connectivity index (χ3n) is 1.96. The molecule has 7 heteroatoms. The average molecular weight is 272 g/mol. The number of hydrogen-bond donors (Lipinski definition) is 1. The van der Waals surface area contributed by atoms with Crippen LogP contribution in [0.1, 0.15) is 4.88 Å². The molecule has 0 fully saturated rings. The minimum absolute atomic E-state index is 0.0519. The van der Waals surface area contributed by atoms with Gasteiger partial charge in [-0.1, -0.05) is 11.6 Å². The summed E-state index contributed by atoms with van der Waals surface area (Å²) in [7, 11) is 0. The molecule has 0 unspecified atom stereocenters. The van der Waals surface area contributed by atoms with E-state index in [2.05, 4.69) is 5.10 Å². The lowest BCUT2D eigenvalue weighted by atomic mass is 10.5. The Balaban J connectivity index is 1.82. The molecule has 2 rings (SSSR count). The number of nitrogens with two attached hydrogens (primary N) is 1. The molecule has 2 heterocycles. The van der Waals surface area contributed by atoms with E-state index in [4.69, 9.17) is 22.1 Å². The normalized spacial score (nSPS) is 10.4. The Morgan fingerprint density at radius 1 is 1.53 bits per heavy atom. The van der Waals surface area contributed by atoms with Crippen LogP contribution in [0.4, 0.5) is 5.82 Å². The summed E-state index contributed by atoms with van der Waals surface area (Å²) in [5.74, 6) is 0.0143. The van der Waals surface area contributed by atoms with Gasteiger partial charge in [0.25, 0.3) is 0 Å². The van der Waals surface area contributed by atoms with Gasteiger partial charge in [-0.15, -0.1) is 11.3 Å². The molecule has 0 aromatic carbocycles. The second-order valence-electron chi connectivity index (χ2n) is 3.30. The molecule has 5 nitrogen and oxygen atoms in total. The van der Waals surface area contributed by atoms with Crippen molar-refractivity contribution in [1.82, 2.24) is 9.78 Å². The Bertz CT molecular complexity index is 523. The van der Waals surface area contributed by atoms with E-state index in [0.29, 0.717) is 10.2 Å². The largest absolute Gasteiger partial charge is 0.459 e. The highest BCUT2D eigenvalue weighted by Crippen LogP contribution is 2.21. The first-order valence-corrected chi connectivity index (χ1v) is 6.02. The Morgan fingerprint density at radius 3 is 2.94 bits per heavy atom. The van der Waals surface area contributed by atoms with E-state index < -0.39 is 0 Å². The number of esters is 1. The quantitative estimate of drug-likeness (QED) is 0.863. The minimum Gasteiger partial charge on any atom is -0.459 e. The maximum Gasteiger partial charge on any atom is 0.328 e. The van der Waals surface area contributed by atoms with Gasteiger partial charge in [-0.05, 0) is 18.2 Å². The highest BCUT2D eigenvalue weighted by atomic mass is 35.5. The molecule has 0 aliphatic rings. The lowest BCUT2D eigenvalue weighted by Gasteiger charge is -2.03. The van der Waals surface area contributed by atoms with Crippen LogP contribution >= 0.6 is 22.9 Å². The summed E-state index contributed by atoms with van der Waals surface area (Å²) in [6, 6.07) is 5.21. The van der Waals surface area contributed by atoms with Crippen LogP contribution in [0.2, 0.25) is 4.34 Å². The van der Waals surface area contributed by atoms with Crippen molar-refractivity contribution in [3.63, 3.8) is 0 Å². The van der Waals surface area contributed by atoms with E-state index in [1.807, 2.05) is 6.07 Å². The fourth-order valence-electron chi connectivity index (χ4n) is 1.22. The fraction of sp³-hybridized carbons (Fsp3) is 0.200. The van der Waals surface area contributed by atoms with E-state index in [-0.39, 0.29) is 19.1 Å². The fourth-order valence-corrected chi connectivity index (χ4v) is 2.23. The first kappa shape index (κ1) is 11.9. The van der Waals surface area contributed by atoms with Gasteiger partial charge in [-0.2, -0.15) is 5.10 Å². The van der Waals surface area contributed by atoms with Crippen LogP contribution in [0.15, 0.2) is 24.4 Å². The molecule has 0 amide bonds. The van der Waals surface area contributed by atoms with E-state index in [1.165, 1.54) is 16.0 Å². The predicted molar refractivity (Wildman–Crippen MR) is 65.8 cm³/mol. The van der Waals surface area contributed by atoms with Crippen molar-refractivity contribution >= 4 is 34.7 Å². The molecular formula is C10H10ClN3O2S. The van der Waals surface area contributed by atoms with Crippen molar-refractivity contribution in [2.24, 2.45) is 0 Å². The van der Waals surface area contributed by atoms with Gasteiger partial charge in [0, 0.05) is 11.1 Å². The van der Waals surface area contributed by atoms with Crippen LogP contribution in [0.3, 0.4) is 0 Å². The van der Waals surface area contributed by atoms with Gasteiger partial charge in [0.05, 0.1) is 4.34 Å². The number of rotatable bonds is 4. The van der Waals surface area contributed by atoms with Gasteiger partial charge in [0.2, 0.25) is 0 Å². The smallest absolute Gasteiger partial charge is 0.328 e. The molecule has 17 heavy (non-hydrogen) atoms. The van der Waals surface area contributed by atoms with Crippen molar-refractivity contribution in [2.75, 3.05) is 5.73 Å². The van der Waals surface area contributed by atoms with Crippen LogP contribution < -0.4 is 5.73 Å². The number of nitrogen functional groups attached to an aromatic ring is 1. The third kappa shape index (κ3) is 3.47. The summed E-state index contributed by atoms with van der Waals surface area (Å²) in [6.45, 7) is 0.281. The van der Waals surface area contributed by atoms with E-state index in [1.54, 1.807) is 18.3 Å². The van der Waals surface area contributed by atoms with E-state index in [9.17, 15) is 4.79 Å². The average Bonchev–Trinajstić information content (AvgIpc) is 2.85. The molecule has 2 aromatic rings. The maximum absolute atomic E-state index is 11.4. The molecule has 2 N–H and O–H groups in total. The van der Waals surface area contributed by atoms with Gasteiger partial charge >= 0.3 is 5.97 Å². The first-order valence-electron chi connectivity index (χ1n) is 4.82. The van der Waals surface area contributed by atoms with Crippen molar-refractivity contribution in [2.45, 2.75) is 13.2 Å². The van der Waals surface area contributed by atoms with Crippen molar-refractivity contribution in [3.05, 3.63) is 33.6 Å². The van der Waals surface area contributed by atoms with Gasteiger partial charge in [-0.3, -0.25) is 9.48 Å². The summed E-state index contributed by atoms with van der Waals surface area (Å²) in [5.41, 5.74) is 5.43. The van der Waals surface area contributed by atoms with Gasteiger partial charge in [-0.25, -0.2) is 0 Å². The second-order valence-corrected chi connectivity index (χ2v) is 5.10. The molecule has 0 aliphatic heterocycles. The number of thiophene rings is 1. The number of hydrogen-bond acceptors (Lipinski definition) is 5. The monoisotopic (exact) mass is 271 g/mol. The molecule has 2 aromatic heterocycles. The second kappa shape index (κ2) is 5.20. The Kier molecular flexibility index (Phi) is 3.65. The number of nitrogens with zero attached hydrogens (tertiary/aromatic N) is 2. The number of anilines is 1. The summed E-state index contributed by atoms with van der Waals surface area (Å²) < 4.78 is 7.17. The Morgan fingerprint density at radius 2 is 2.35 bits per heavy atom. The maximum atomic E-state index is 11.4. The standard InChI is InChI=1S/C10H10ClN3O2S/c11-8-2-1-7(17-8)6-16-10(15)5-14-4-3-9(12)13-14/h1-4H,5-6H2,(H2,12,13). The highest BCUT2D eigenvalue weighted by molar-refractivity contribution is 7.16. The molecule has 0 radical (unpaired) electrons. The van der Waals surface area contributed by atoms with Crippen LogP contribution in [0.5, 0.6) is 0 Å². The van der Waals surface area contributed by atoms with Crippen molar-refractivity contribution < 1.29 is 9.53 Å². The molecule has 0 saturated carbocycles. The van der Waals surface area contributed by atoms with Crippen molar-refractivity contribution in [3.8, 4) is 0 Å². The third-order valence-corrected chi connectivity index (χ3v) is 3.16. The zero-order chi connectivity index (χ0) is 12.3. The SMILES string of the molecule is Nc1ccn(CC(=O)OCc2ccc(Cl)s2)n1. The summed E-state index contributed by atoms with van der Waals surface area (Å²) in [4.78, 5) is 12.4. The number of ether oxygens (including phenoxy) is 1. The molecule has 0 aliphatic carbocycles. The molecule has 0 atom stereocenters. The van der Waals surface area contributed by atoms with Crippen LogP contribution in [0, 0.1) is 0 Å². The van der Waals surface area contributed by atoms with Crippen LogP contribution in [0.25, 0.3) is 0 Å². The number of carbonyl (C=O) groups is 1. The molecule has 0 spiro atoms. The summed E-state index contributed by atoms with van der Waals surface area (Å²) >= 11 is 7.14. The van der Waals surface area contributed by atoms with Gasteiger partial charge in [0.1, 0.15) is 19.0 Å². The first-order chi connectivity index (χ1) is 8.13. The molecular weight excluding hydrogens is 262 g/mol. The molecule has 90 valence electrons. The van der Waals surface area contributed by atoms with E-state index in [0.717, 1.165) is 4.88 Å². The Hall–Kier alpha value is -1.53. The van der Waals surface area contributed by atoms with E-state index >= 15 is 0 Å². The lowest BCUT2D eigenvalue weighted by Crippen LogP contribution is -2.13. The number of halogens is 1. The summed E-state index contributed by atoms with van der Waals surface area (Å²) in [5, 5.41) is 3.88. The molecule has 0 bridgehead atoms.